The molecule has 1 fully saturated rings. The topological polar surface area (TPSA) is 77.0 Å². The molecule has 0 bridgehead atoms. The Morgan fingerprint density at radius 2 is 2.30 bits per heavy atom. The minimum Gasteiger partial charge on any atom is -0.361 e. The predicted octanol–water partition coefficient (Wildman–Crippen LogP) is 1.93. The van der Waals surface area contributed by atoms with E-state index in [9.17, 15) is 4.79 Å². The fourth-order valence-electron chi connectivity index (χ4n) is 3.28. The van der Waals surface area contributed by atoms with Crippen molar-refractivity contribution in [3.05, 3.63) is 29.7 Å². The van der Waals surface area contributed by atoms with Crippen LogP contribution in [0.1, 0.15) is 42.8 Å². The van der Waals surface area contributed by atoms with Crippen molar-refractivity contribution in [1.29, 1.82) is 0 Å². The number of rotatable bonds is 4. The standard InChI is InChI=1S/C16H23N5O2/c1-11(7-15-12(2)19-23-13(15)3)16(22)20-6-4-5-14(8-20)21-10-17-9-18-21/h9-11,14H,4-8H2,1-3H3/t11-,14+/m0/s1. The molecule has 1 saturated heterocycles. The van der Waals surface area contributed by atoms with Gasteiger partial charge in [-0.05, 0) is 33.1 Å². The van der Waals surface area contributed by atoms with Crippen LogP contribution in [0.4, 0.5) is 0 Å². The normalized spacial score (nSPS) is 19.8. The third kappa shape index (κ3) is 3.28. The van der Waals surface area contributed by atoms with Crippen molar-refractivity contribution in [3.8, 4) is 0 Å². The maximum atomic E-state index is 12.8. The first-order valence-corrected chi connectivity index (χ1v) is 8.11. The first-order valence-electron chi connectivity index (χ1n) is 8.11. The van der Waals surface area contributed by atoms with E-state index in [1.807, 2.05) is 30.4 Å². The second-order valence-electron chi connectivity index (χ2n) is 6.36. The molecule has 0 unspecified atom stereocenters. The molecule has 23 heavy (non-hydrogen) atoms. The number of likely N-dealkylation sites (tertiary alicyclic amines) is 1. The fourth-order valence-corrected chi connectivity index (χ4v) is 3.28. The smallest absolute Gasteiger partial charge is 0.225 e. The molecule has 2 atom stereocenters. The van der Waals surface area contributed by atoms with Gasteiger partial charge in [0.05, 0.1) is 11.7 Å². The molecule has 0 saturated carbocycles. The number of hydrogen-bond acceptors (Lipinski definition) is 5. The lowest BCUT2D eigenvalue weighted by atomic mass is 9.97. The molecule has 7 nitrogen and oxygen atoms in total. The van der Waals surface area contributed by atoms with Crippen molar-refractivity contribution in [3.63, 3.8) is 0 Å². The highest BCUT2D eigenvalue weighted by Gasteiger charge is 2.29. The molecular weight excluding hydrogens is 294 g/mol. The summed E-state index contributed by atoms with van der Waals surface area (Å²) in [7, 11) is 0. The van der Waals surface area contributed by atoms with Crippen LogP contribution >= 0.6 is 0 Å². The second-order valence-corrected chi connectivity index (χ2v) is 6.36. The summed E-state index contributed by atoms with van der Waals surface area (Å²) >= 11 is 0. The van der Waals surface area contributed by atoms with Crippen LogP contribution in [0, 0.1) is 19.8 Å². The molecule has 0 N–H and O–H groups in total. The van der Waals surface area contributed by atoms with Crippen molar-refractivity contribution >= 4 is 5.91 Å². The molecular formula is C16H23N5O2. The van der Waals surface area contributed by atoms with Gasteiger partial charge >= 0.3 is 0 Å². The van der Waals surface area contributed by atoms with Crippen molar-refractivity contribution in [2.24, 2.45) is 5.92 Å². The van der Waals surface area contributed by atoms with Crippen LogP contribution in [0.5, 0.6) is 0 Å². The highest BCUT2D eigenvalue weighted by molar-refractivity contribution is 5.79. The van der Waals surface area contributed by atoms with Gasteiger partial charge in [-0.15, -0.1) is 0 Å². The Morgan fingerprint density at radius 1 is 1.48 bits per heavy atom. The van der Waals surface area contributed by atoms with Crippen LogP contribution in [-0.4, -0.2) is 43.8 Å². The Kier molecular flexibility index (Phi) is 4.45. The van der Waals surface area contributed by atoms with Gasteiger partial charge in [0.25, 0.3) is 0 Å². The highest BCUT2D eigenvalue weighted by Crippen LogP contribution is 2.24. The number of carbonyl (C=O) groups excluding carboxylic acids is 1. The van der Waals surface area contributed by atoms with E-state index in [0.717, 1.165) is 36.4 Å². The molecule has 0 spiro atoms. The Labute approximate surface area is 135 Å². The number of piperidine rings is 1. The Hall–Kier alpha value is -2.18. The van der Waals surface area contributed by atoms with Crippen LogP contribution in [0.25, 0.3) is 0 Å². The third-order valence-corrected chi connectivity index (χ3v) is 4.63. The first-order chi connectivity index (χ1) is 11.1. The van der Waals surface area contributed by atoms with E-state index < -0.39 is 0 Å². The third-order valence-electron chi connectivity index (χ3n) is 4.63. The molecule has 1 aliphatic heterocycles. The summed E-state index contributed by atoms with van der Waals surface area (Å²) in [5.74, 6) is 0.914. The monoisotopic (exact) mass is 317 g/mol. The van der Waals surface area contributed by atoms with Crippen LogP contribution in [0.3, 0.4) is 0 Å². The molecule has 3 rings (SSSR count). The Bertz CT molecular complexity index is 645. The van der Waals surface area contributed by atoms with Gasteiger partial charge in [-0.1, -0.05) is 12.1 Å². The average molecular weight is 317 g/mol. The maximum absolute atomic E-state index is 12.8. The van der Waals surface area contributed by atoms with E-state index in [2.05, 4.69) is 15.2 Å². The molecule has 124 valence electrons. The summed E-state index contributed by atoms with van der Waals surface area (Å²) in [4.78, 5) is 18.8. The minimum absolute atomic E-state index is 0.0821. The SMILES string of the molecule is Cc1noc(C)c1C[C@H](C)C(=O)N1CCC[C@@H](n2cncn2)C1. The molecule has 2 aromatic heterocycles. The van der Waals surface area contributed by atoms with Crippen LogP contribution in [0.15, 0.2) is 17.2 Å². The zero-order valence-electron chi connectivity index (χ0n) is 13.9. The molecule has 1 amide bonds. The first kappa shape index (κ1) is 15.7. The number of hydrogen-bond donors (Lipinski definition) is 0. The minimum atomic E-state index is -0.0821. The van der Waals surface area contributed by atoms with Crippen LogP contribution in [0.2, 0.25) is 0 Å². The lowest BCUT2D eigenvalue weighted by Gasteiger charge is -2.34. The van der Waals surface area contributed by atoms with Gasteiger partial charge in [0.1, 0.15) is 18.4 Å². The van der Waals surface area contributed by atoms with E-state index in [4.69, 9.17) is 4.52 Å². The number of nitrogens with zero attached hydrogens (tertiary/aromatic N) is 5. The van der Waals surface area contributed by atoms with E-state index >= 15 is 0 Å². The maximum Gasteiger partial charge on any atom is 0.225 e. The summed E-state index contributed by atoms with van der Waals surface area (Å²) in [5.41, 5.74) is 1.93. The van der Waals surface area contributed by atoms with E-state index in [1.165, 1.54) is 0 Å². The summed E-state index contributed by atoms with van der Waals surface area (Å²) in [6.07, 6.45) is 5.97. The lowest BCUT2D eigenvalue weighted by molar-refractivity contribution is -0.136. The summed E-state index contributed by atoms with van der Waals surface area (Å²) in [6.45, 7) is 7.32. The average Bonchev–Trinajstić information content (AvgIpc) is 3.20. The Morgan fingerprint density at radius 3 is 2.96 bits per heavy atom. The quantitative estimate of drug-likeness (QED) is 0.861. The van der Waals surface area contributed by atoms with Gasteiger partial charge in [-0.25, -0.2) is 9.67 Å². The molecule has 7 heteroatoms. The van der Waals surface area contributed by atoms with Crippen molar-refractivity contribution < 1.29 is 9.32 Å². The number of carbonyl (C=O) groups is 1. The number of aromatic nitrogens is 4. The van der Waals surface area contributed by atoms with Crippen molar-refractivity contribution in [1.82, 2.24) is 24.8 Å². The fraction of sp³-hybridized carbons (Fsp3) is 0.625. The molecule has 3 heterocycles. The molecule has 0 aliphatic carbocycles. The molecule has 2 aromatic rings. The summed E-state index contributed by atoms with van der Waals surface area (Å²) < 4.78 is 7.05. The van der Waals surface area contributed by atoms with E-state index in [1.54, 1.807) is 12.7 Å². The van der Waals surface area contributed by atoms with Crippen molar-refractivity contribution in [2.75, 3.05) is 13.1 Å². The molecule has 0 radical (unpaired) electrons. The summed E-state index contributed by atoms with van der Waals surface area (Å²) in [6, 6.07) is 0.224. The number of aryl methyl sites for hydroxylation is 2. The molecule has 1 aliphatic rings. The predicted molar refractivity (Wildman–Crippen MR) is 83.7 cm³/mol. The van der Waals surface area contributed by atoms with Gasteiger partial charge in [-0.3, -0.25) is 4.79 Å². The van der Waals surface area contributed by atoms with Crippen LogP contribution < -0.4 is 0 Å². The summed E-state index contributed by atoms with van der Waals surface area (Å²) in [5, 5.41) is 8.18. The zero-order valence-corrected chi connectivity index (χ0v) is 13.9. The highest BCUT2D eigenvalue weighted by atomic mass is 16.5. The van der Waals surface area contributed by atoms with Gasteiger partial charge in [-0.2, -0.15) is 5.10 Å². The van der Waals surface area contributed by atoms with Gasteiger partial charge in [0.15, 0.2) is 0 Å². The van der Waals surface area contributed by atoms with E-state index in [-0.39, 0.29) is 17.9 Å². The van der Waals surface area contributed by atoms with Gasteiger partial charge in [0, 0.05) is 24.6 Å². The van der Waals surface area contributed by atoms with Crippen LogP contribution in [-0.2, 0) is 11.2 Å². The second kappa shape index (κ2) is 6.52. The van der Waals surface area contributed by atoms with Crippen molar-refractivity contribution in [2.45, 2.75) is 46.1 Å². The lowest BCUT2D eigenvalue weighted by Crippen LogP contribution is -2.43. The van der Waals surface area contributed by atoms with Gasteiger partial charge < -0.3 is 9.42 Å². The Balaban J connectivity index is 1.65. The largest absolute Gasteiger partial charge is 0.361 e. The number of amides is 1. The van der Waals surface area contributed by atoms with Gasteiger partial charge in [0.2, 0.25) is 5.91 Å². The van der Waals surface area contributed by atoms with E-state index in [0.29, 0.717) is 13.0 Å². The zero-order chi connectivity index (χ0) is 16.4. The molecule has 0 aromatic carbocycles.